The van der Waals surface area contributed by atoms with Gasteiger partial charge in [-0.05, 0) is 30.5 Å². The fraction of sp³-hybridized carbons (Fsp3) is 0.294. The highest BCUT2D eigenvalue weighted by Gasteiger charge is 2.25. The van der Waals surface area contributed by atoms with Crippen LogP contribution in [0.25, 0.3) is 0 Å². The first-order valence-electron chi connectivity index (χ1n) is 7.87. The lowest BCUT2D eigenvalue weighted by atomic mass is 9.85. The summed E-state index contributed by atoms with van der Waals surface area (Å²) in [6.07, 6.45) is 5.93. The molecule has 4 N–H and O–H groups in total. The van der Waals surface area contributed by atoms with Crippen LogP contribution in [0.5, 0.6) is 0 Å². The summed E-state index contributed by atoms with van der Waals surface area (Å²) in [7, 11) is 0. The number of nitrogens with zero attached hydrogens (tertiary/aromatic N) is 2. The Labute approximate surface area is 139 Å². The lowest BCUT2D eigenvalue weighted by Gasteiger charge is -2.24. The van der Waals surface area contributed by atoms with Gasteiger partial charge >= 0.3 is 0 Å². The van der Waals surface area contributed by atoms with E-state index in [0.717, 1.165) is 30.5 Å². The van der Waals surface area contributed by atoms with Crippen molar-refractivity contribution < 1.29 is 9.59 Å². The number of amides is 2. The molecule has 1 saturated carbocycles. The van der Waals surface area contributed by atoms with Gasteiger partial charge in [0.25, 0.3) is 5.91 Å². The van der Waals surface area contributed by atoms with E-state index >= 15 is 0 Å². The zero-order chi connectivity index (χ0) is 16.9. The van der Waals surface area contributed by atoms with Crippen molar-refractivity contribution in [1.82, 2.24) is 9.97 Å². The Balaban J connectivity index is 1.61. The molecule has 7 nitrogen and oxygen atoms in total. The largest absolute Gasteiger partial charge is 0.365 e. The highest BCUT2D eigenvalue weighted by molar-refractivity contribution is 5.93. The van der Waals surface area contributed by atoms with E-state index in [4.69, 9.17) is 5.73 Å². The lowest BCUT2D eigenvalue weighted by Crippen LogP contribution is -2.28. The summed E-state index contributed by atoms with van der Waals surface area (Å²) in [6.45, 7) is 0.490. The molecule has 0 radical (unpaired) electrons. The third kappa shape index (κ3) is 3.87. The molecule has 1 aliphatic rings. The lowest BCUT2D eigenvalue weighted by molar-refractivity contribution is -0.122. The Kier molecular flexibility index (Phi) is 4.69. The first-order chi connectivity index (χ1) is 11.6. The maximum atomic E-state index is 12.0. The average molecular weight is 325 g/mol. The second-order valence-electron chi connectivity index (χ2n) is 5.82. The van der Waals surface area contributed by atoms with Crippen molar-refractivity contribution in [2.24, 2.45) is 11.7 Å². The number of rotatable bonds is 6. The van der Waals surface area contributed by atoms with Crippen LogP contribution in [0.15, 0.2) is 36.7 Å². The van der Waals surface area contributed by atoms with Gasteiger partial charge in [0, 0.05) is 18.2 Å². The molecule has 3 rings (SSSR count). The number of carbonyl (C=O) groups is 2. The third-order valence-electron chi connectivity index (χ3n) is 4.03. The molecule has 7 heteroatoms. The summed E-state index contributed by atoms with van der Waals surface area (Å²) >= 11 is 0. The summed E-state index contributed by atoms with van der Waals surface area (Å²) in [5.41, 5.74) is 7.06. The van der Waals surface area contributed by atoms with E-state index in [1.165, 1.54) is 12.4 Å². The number of primary amides is 1. The van der Waals surface area contributed by atoms with Crippen LogP contribution in [0.3, 0.4) is 0 Å². The van der Waals surface area contributed by atoms with Crippen LogP contribution in [0.4, 0.5) is 11.5 Å². The van der Waals surface area contributed by atoms with Gasteiger partial charge in [-0.1, -0.05) is 18.6 Å². The van der Waals surface area contributed by atoms with Gasteiger partial charge in [0.2, 0.25) is 5.91 Å². The Hall–Kier alpha value is -2.96. The second-order valence-corrected chi connectivity index (χ2v) is 5.82. The van der Waals surface area contributed by atoms with E-state index in [0.29, 0.717) is 12.4 Å². The molecule has 1 fully saturated rings. The van der Waals surface area contributed by atoms with Crippen molar-refractivity contribution >= 4 is 23.3 Å². The van der Waals surface area contributed by atoms with E-state index in [1.807, 2.05) is 24.3 Å². The van der Waals surface area contributed by atoms with Crippen molar-refractivity contribution in [2.45, 2.75) is 25.8 Å². The minimum absolute atomic E-state index is 0.0892. The minimum atomic E-state index is -0.619. The van der Waals surface area contributed by atoms with E-state index in [2.05, 4.69) is 20.6 Å². The summed E-state index contributed by atoms with van der Waals surface area (Å²) in [5, 5.41) is 6.04. The fourth-order valence-corrected chi connectivity index (χ4v) is 2.44. The zero-order valence-corrected chi connectivity index (χ0v) is 13.2. The minimum Gasteiger partial charge on any atom is -0.365 e. The number of nitrogens with two attached hydrogens (primary N) is 1. The van der Waals surface area contributed by atoms with Gasteiger partial charge in [-0.2, -0.15) is 0 Å². The Morgan fingerprint density at radius 1 is 1.25 bits per heavy atom. The fourth-order valence-electron chi connectivity index (χ4n) is 2.44. The molecule has 24 heavy (non-hydrogen) atoms. The number of aromatic nitrogens is 2. The standard InChI is InChI=1S/C17H19N5O2/c18-16(23)14-9-19-10-15(22-14)20-8-11-3-1-6-13(7-11)21-17(24)12-4-2-5-12/h1,3,6-7,9-10,12H,2,4-5,8H2,(H2,18,23)(H,20,22)(H,21,24). The van der Waals surface area contributed by atoms with E-state index in [1.54, 1.807) is 0 Å². The highest BCUT2D eigenvalue weighted by Crippen LogP contribution is 2.27. The maximum absolute atomic E-state index is 12.0. The van der Waals surface area contributed by atoms with E-state index in [-0.39, 0.29) is 17.5 Å². The Morgan fingerprint density at radius 3 is 2.79 bits per heavy atom. The molecule has 1 heterocycles. The van der Waals surface area contributed by atoms with Crippen LogP contribution >= 0.6 is 0 Å². The number of nitrogens with one attached hydrogen (secondary N) is 2. The molecule has 0 atom stereocenters. The van der Waals surface area contributed by atoms with Crippen molar-refractivity contribution in [3.05, 3.63) is 47.9 Å². The smallest absolute Gasteiger partial charge is 0.268 e. The number of anilines is 2. The number of hydrogen-bond acceptors (Lipinski definition) is 5. The summed E-state index contributed by atoms with van der Waals surface area (Å²) < 4.78 is 0. The molecule has 2 aromatic rings. The highest BCUT2D eigenvalue weighted by atomic mass is 16.2. The van der Waals surface area contributed by atoms with Gasteiger partial charge in [0.15, 0.2) is 0 Å². The molecule has 0 spiro atoms. The van der Waals surface area contributed by atoms with Gasteiger partial charge in [-0.3, -0.25) is 14.6 Å². The molecule has 1 aromatic heterocycles. The molecular weight excluding hydrogens is 306 g/mol. The van der Waals surface area contributed by atoms with Crippen LogP contribution in [-0.4, -0.2) is 21.8 Å². The molecule has 0 saturated heterocycles. The van der Waals surface area contributed by atoms with E-state index in [9.17, 15) is 9.59 Å². The maximum Gasteiger partial charge on any atom is 0.268 e. The van der Waals surface area contributed by atoms with Crippen molar-refractivity contribution in [1.29, 1.82) is 0 Å². The molecule has 0 unspecified atom stereocenters. The summed E-state index contributed by atoms with van der Waals surface area (Å²) in [4.78, 5) is 31.1. The predicted octanol–water partition coefficient (Wildman–Crippen LogP) is 1.93. The quantitative estimate of drug-likeness (QED) is 0.751. The van der Waals surface area contributed by atoms with Crippen molar-refractivity contribution in [3.63, 3.8) is 0 Å². The van der Waals surface area contributed by atoms with Crippen molar-refractivity contribution in [3.8, 4) is 0 Å². The third-order valence-corrected chi connectivity index (χ3v) is 4.03. The van der Waals surface area contributed by atoms with Gasteiger partial charge < -0.3 is 16.4 Å². The van der Waals surface area contributed by atoms with Crippen molar-refractivity contribution in [2.75, 3.05) is 10.6 Å². The molecule has 0 aliphatic heterocycles. The van der Waals surface area contributed by atoms with Gasteiger partial charge in [-0.15, -0.1) is 0 Å². The number of hydrogen-bond donors (Lipinski definition) is 3. The number of benzene rings is 1. The Bertz CT molecular complexity index is 758. The van der Waals surface area contributed by atoms with Crippen LogP contribution in [0.1, 0.15) is 35.3 Å². The zero-order valence-electron chi connectivity index (χ0n) is 13.2. The molecule has 1 aromatic carbocycles. The molecular formula is C17H19N5O2. The predicted molar refractivity (Wildman–Crippen MR) is 90.3 cm³/mol. The first kappa shape index (κ1) is 15.9. The van der Waals surface area contributed by atoms with Gasteiger partial charge in [0.1, 0.15) is 11.5 Å². The van der Waals surface area contributed by atoms with Crippen LogP contribution < -0.4 is 16.4 Å². The van der Waals surface area contributed by atoms with Crippen LogP contribution in [0.2, 0.25) is 0 Å². The topological polar surface area (TPSA) is 110 Å². The van der Waals surface area contributed by atoms with E-state index < -0.39 is 5.91 Å². The Morgan fingerprint density at radius 2 is 2.08 bits per heavy atom. The summed E-state index contributed by atoms with van der Waals surface area (Å²) in [6, 6.07) is 7.61. The first-order valence-corrected chi connectivity index (χ1v) is 7.87. The normalized spacial score (nSPS) is 13.8. The van der Waals surface area contributed by atoms with Crippen LogP contribution in [-0.2, 0) is 11.3 Å². The molecule has 2 amide bonds. The SMILES string of the molecule is NC(=O)c1cncc(NCc2cccc(NC(=O)C3CCC3)c2)n1. The van der Waals surface area contributed by atoms with Gasteiger partial charge in [-0.25, -0.2) is 4.98 Å². The second kappa shape index (κ2) is 7.08. The molecule has 1 aliphatic carbocycles. The summed E-state index contributed by atoms with van der Waals surface area (Å²) in [5.74, 6) is 0.0899. The molecule has 0 bridgehead atoms. The van der Waals surface area contributed by atoms with Crippen LogP contribution in [0, 0.1) is 5.92 Å². The molecule has 124 valence electrons. The average Bonchev–Trinajstić information content (AvgIpc) is 2.52. The monoisotopic (exact) mass is 325 g/mol. The number of carbonyl (C=O) groups excluding carboxylic acids is 2. The van der Waals surface area contributed by atoms with Gasteiger partial charge in [0.05, 0.1) is 12.4 Å².